The molecule has 1 aliphatic rings. The number of aryl methyl sites for hydroxylation is 1. The summed E-state index contributed by atoms with van der Waals surface area (Å²) in [4.78, 5) is 32.3. The quantitative estimate of drug-likeness (QED) is 0.668. The van der Waals surface area contributed by atoms with Crippen LogP contribution in [0.3, 0.4) is 0 Å². The molecule has 1 fully saturated rings. The van der Waals surface area contributed by atoms with Crippen molar-refractivity contribution >= 4 is 33.0 Å². The molecule has 2 aromatic heterocycles. The molecule has 0 spiro atoms. The molecule has 1 N–H and O–H groups in total. The lowest BCUT2D eigenvalue weighted by Gasteiger charge is -2.22. The van der Waals surface area contributed by atoms with Gasteiger partial charge in [-0.05, 0) is 43.5 Å². The molecule has 1 amide bonds. The zero-order valence-corrected chi connectivity index (χ0v) is 17.2. The number of carbonyl (C=O) groups excluding carboxylic acids is 1. The van der Waals surface area contributed by atoms with Crippen molar-refractivity contribution in [2.24, 2.45) is 0 Å². The number of carbonyl (C=O) groups is 1. The van der Waals surface area contributed by atoms with Crippen LogP contribution in [0.1, 0.15) is 31.9 Å². The van der Waals surface area contributed by atoms with Crippen LogP contribution < -0.4 is 20.5 Å². The van der Waals surface area contributed by atoms with Crippen LogP contribution in [0.15, 0.2) is 35.1 Å². The highest BCUT2D eigenvalue weighted by molar-refractivity contribution is 7.20. The van der Waals surface area contributed by atoms with Crippen molar-refractivity contribution in [3.63, 3.8) is 0 Å². The number of nitrogens with zero attached hydrogens (tertiary/aromatic N) is 4. The van der Waals surface area contributed by atoms with Gasteiger partial charge in [0.15, 0.2) is 0 Å². The SMILES string of the molecule is CCCc1cc(=O)n2nc(N3CCC[C@@H]3C(=O)Nc3ccc(OC)cc3)sc2n1. The number of anilines is 2. The van der Waals surface area contributed by atoms with Crippen LogP contribution >= 0.6 is 11.3 Å². The normalized spacial score (nSPS) is 16.3. The minimum absolute atomic E-state index is 0.0844. The Morgan fingerprint density at radius 2 is 2.14 bits per heavy atom. The molecule has 1 saturated heterocycles. The van der Waals surface area contributed by atoms with Gasteiger partial charge < -0.3 is 15.0 Å². The molecule has 1 atom stereocenters. The maximum absolute atomic E-state index is 12.9. The van der Waals surface area contributed by atoms with Gasteiger partial charge >= 0.3 is 0 Å². The molecule has 3 heterocycles. The Morgan fingerprint density at radius 3 is 2.86 bits per heavy atom. The van der Waals surface area contributed by atoms with Crippen molar-refractivity contribution in [3.05, 3.63) is 46.4 Å². The van der Waals surface area contributed by atoms with E-state index in [-0.39, 0.29) is 17.5 Å². The maximum atomic E-state index is 12.9. The first-order valence-corrected chi connectivity index (χ1v) is 10.5. The molecule has 0 saturated carbocycles. The molecule has 1 aromatic carbocycles. The van der Waals surface area contributed by atoms with Crippen molar-refractivity contribution in [2.75, 3.05) is 23.9 Å². The third-order valence-electron chi connectivity index (χ3n) is 4.95. The summed E-state index contributed by atoms with van der Waals surface area (Å²) in [6.45, 7) is 2.77. The largest absolute Gasteiger partial charge is 0.497 e. The number of nitrogens with one attached hydrogen (secondary N) is 1. The van der Waals surface area contributed by atoms with Crippen molar-refractivity contribution < 1.29 is 9.53 Å². The second-order valence-electron chi connectivity index (χ2n) is 6.98. The van der Waals surface area contributed by atoms with Gasteiger partial charge in [0.25, 0.3) is 5.56 Å². The molecule has 4 rings (SSSR count). The van der Waals surface area contributed by atoms with E-state index in [4.69, 9.17) is 4.74 Å². The number of rotatable bonds is 6. The molecule has 9 heteroatoms. The summed E-state index contributed by atoms with van der Waals surface area (Å²) in [6, 6.07) is 8.45. The number of methoxy groups -OCH3 is 1. The van der Waals surface area contributed by atoms with E-state index in [9.17, 15) is 9.59 Å². The fourth-order valence-electron chi connectivity index (χ4n) is 3.51. The predicted molar refractivity (Wildman–Crippen MR) is 113 cm³/mol. The van der Waals surface area contributed by atoms with Crippen LogP contribution in [0.25, 0.3) is 4.96 Å². The Hall–Kier alpha value is -2.94. The van der Waals surface area contributed by atoms with Gasteiger partial charge in [0.1, 0.15) is 11.8 Å². The Bertz CT molecular complexity index is 1080. The van der Waals surface area contributed by atoms with Gasteiger partial charge in [0.05, 0.1) is 7.11 Å². The second-order valence-corrected chi connectivity index (χ2v) is 7.92. The number of hydrogen-bond acceptors (Lipinski definition) is 7. The molecule has 0 unspecified atom stereocenters. The summed E-state index contributed by atoms with van der Waals surface area (Å²) < 4.78 is 6.48. The third-order valence-corrected chi connectivity index (χ3v) is 5.90. The molecule has 0 radical (unpaired) electrons. The smallest absolute Gasteiger partial charge is 0.275 e. The van der Waals surface area contributed by atoms with Crippen molar-refractivity contribution in [2.45, 2.75) is 38.6 Å². The summed E-state index contributed by atoms with van der Waals surface area (Å²) in [6.07, 6.45) is 3.31. The summed E-state index contributed by atoms with van der Waals surface area (Å²) in [5.74, 6) is 0.652. The minimum Gasteiger partial charge on any atom is -0.497 e. The lowest BCUT2D eigenvalue weighted by molar-refractivity contribution is -0.117. The maximum Gasteiger partial charge on any atom is 0.275 e. The fraction of sp³-hybridized carbons (Fsp3) is 0.400. The lowest BCUT2D eigenvalue weighted by atomic mass is 10.2. The minimum atomic E-state index is -0.330. The number of benzene rings is 1. The monoisotopic (exact) mass is 413 g/mol. The number of fused-ring (bicyclic) bond motifs is 1. The number of aromatic nitrogens is 3. The highest BCUT2D eigenvalue weighted by atomic mass is 32.1. The van der Waals surface area contributed by atoms with Crippen molar-refractivity contribution in [3.8, 4) is 5.75 Å². The number of amides is 1. The van der Waals surface area contributed by atoms with Gasteiger partial charge in [0.2, 0.25) is 16.0 Å². The van der Waals surface area contributed by atoms with Gasteiger partial charge in [-0.1, -0.05) is 24.7 Å². The Labute approximate surface area is 172 Å². The fourth-order valence-corrected chi connectivity index (χ4v) is 4.52. The highest BCUT2D eigenvalue weighted by Crippen LogP contribution is 2.30. The second kappa shape index (κ2) is 8.20. The molecule has 8 nitrogen and oxygen atoms in total. The van der Waals surface area contributed by atoms with Gasteiger partial charge in [-0.25, -0.2) is 4.98 Å². The van der Waals surface area contributed by atoms with E-state index in [0.717, 1.165) is 43.7 Å². The Kier molecular flexibility index (Phi) is 5.48. The molecular formula is C20H23N5O3S. The Balaban J connectivity index is 1.56. The molecule has 0 aliphatic carbocycles. The summed E-state index contributed by atoms with van der Waals surface area (Å²) in [5, 5.41) is 8.06. The zero-order chi connectivity index (χ0) is 20.4. The van der Waals surface area contributed by atoms with Gasteiger partial charge in [-0.15, -0.1) is 5.10 Å². The van der Waals surface area contributed by atoms with Gasteiger partial charge in [-0.3, -0.25) is 9.59 Å². The lowest BCUT2D eigenvalue weighted by Crippen LogP contribution is -2.39. The van der Waals surface area contributed by atoms with Crippen LogP contribution in [0, 0.1) is 0 Å². The van der Waals surface area contributed by atoms with E-state index in [0.29, 0.717) is 15.8 Å². The number of hydrogen-bond donors (Lipinski definition) is 1. The zero-order valence-electron chi connectivity index (χ0n) is 16.4. The summed E-state index contributed by atoms with van der Waals surface area (Å²) in [7, 11) is 1.60. The van der Waals surface area contributed by atoms with Crippen molar-refractivity contribution in [1.29, 1.82) is 0 Å². The molecule has 152 valence electrons. The first kappa shape index (κ1) is 19.4. The molecule has 3 aromatic rings. The van der Waals surface area contributed by atoms with Crippen LogP contribution in [0.2, 0.25) is 0 Å². The van der Waals surface area contributed by atoms with Crippen molar-refractivity contribution in [1.82, 2.24) is 14.6 Å². The predicted octanol–water partition coefficient (Wildman–Crippen LogP) is 2.72. The number of ether oxygens (including phenoxy) is 1. The first-order chi connectivity index (χ1) is 14.1. The van der Waals surface area contributed by atoms with Crippen LogP contribution in [-0.2, 0) is 11.2 Å². The van der Waals surface area contributed by atoms with E-state index < -0.39 is 0 Å². The van der Waals surface area contributed by atoms with Gasteiger partial charge in [-0.2, -0.15) is 4.52 Å². The van der Waals surface area contributed by atoms with E-state index in [1.807, 2.05) is 29.2 Å². The van der Waals surface area contributed by atoms with E-state index >= 15 is 0 Å². The van der Waals surface area contributed by atoms with Gasteiger partial charge in [0, 0.05) is 24.0 Å². The molecule has 0 bridgehead atoms. The molecular weight excluding hydrogens is 390 g/mol. The summed E-state index contributed by atoms with van der Waals surface area (Å²) in [5.41, 5.74) is 1.32. The molecule has 29 heavy (non-hydrogen) atoms. The standard InChI is InChI=1S/C20H23N5O3S/c1-3-5-14-12-17(26)25-19(22-14)29-20(23-25)24-11-4-6-16(24)18(27)21-13-7-9-15(28-2)10-8-13/h7-10,12,16H,3-6,11H2,1-2H3,(H,21,27)/t16-/m1/s1. The van der Waals surface area contributed by atoms with Crippen LogP contribution in [0.5, 0.6) is 5.75 Å². The van der Waals surface area contributed by atoms with E-state index in [1.54, 1.807) is 7.11 Å². The van der Waals surface area contributed by atoms with Crippen LogP contribution in [-0.4, -0.2) is 40.2 Å². The average molecular weight is 414 g/mol. The Morgan fingerprint density at radius 1 is 1.34 bits per heavy atom. The third kappa shape index (κ3) is 3.95. The topological polar surface area (TPSA) is 88.8 Å². The summed E-state index contributed by atoms with van der Waals surface area (Å²) >= 11 is 1.35. The molecule has 1 aliphatic heterocycles. The van der Waals surface area contributed by atoms with E-state index in [1.165, 1.54) is 21.9 Å². The van der Waals surface area contributed by atoms with E-state index in [2.05, 4.69) is 22.3 Å². The van der Waals surface area contributed by atoms with Crippen LogP contribution in [0.4, 0.5) is 10.8 Å². The highest BCUT2D eigenvalue weighted by Gasteiger charge is 2.33. The average Bonchev–Trinajstić information content (AvgIpc) is 3.36. The first-order valence-electron chi connectivity index (χ1n) is 9.70.